The van der Waals surface area contributed by atoms with Crippen molar-refractivity contribution in [2.24, 2.45) is 0 Å². The Hall–Kier alpha value is -3.13. The summed E-state index contributed by atoms with van der Waals surface area (Å²) in [5, 5.41) is 5.16. The van der Waals surface area contributed by atoms with Crippen LogP contribution in [0.3, 0.4) is 0 Å². The fraction of sp³-hybridized carbons (Fsp3) is 0.238. The molecule has 2 N–H and O–H groups in total. The van der Waals surface area contributed by atoms with Gasteiger partial charge in [-0.2, -0.15) is 0 Å². The SMILES string of the molecule is COC(=O)C1=C(CS(=O)(=O)c2cc(C)ccc2C)NC(=O)N[C@@H]1c1ccccc1. The molecule has 0 aliphatic carbocycles. The van der Waals surface area contributed by atoms with Crippen molar-refractivity contribution in [3.8, 4) is 0 Å². The average molecular weight is 414 g/mol. The molecule has 2 aromatic rings. The normalized spacial score (nSPS) is 16.8. The van der Waals surface area contributed by atoms with E-state index in [0.717, 1.165) is 5.56 Å². The third-order valence-electron chi connectivity index (χ3n) is 4.70. The van der Waals surface area contributed by atoms with Crippen molar-refractivity contribution < 1.29 is 22.7 Å². The molecule has 0 saturated heterocycles. The van der Waals surface area contributed by atoms with Crippen molar-refractivity contribution in [2.75, 3.05) is 12.9 Å². The lowest BCUT2D eigenvalue weighted by Crippen LogP contribution is -2.47. The number of carbonyl (C=O) groups excluding carboxylic acids is 2. The third-order valence-corrected chi connectivity index (χ3v) is 6.48. The van der Waals surface area contributed by atoms with Crippen LogP contribution in [0.4, 0.5) is 4.79 Å². The van der Waals surface area contributed by atoms with Crippen molar-refractivity contribution in [3.05, 3.63) is 76.5 Å². The van der Waals surface area contributed by atoms with Crippen molar-refractivity contribution in [2.45, 2.75) is 24.8 Å². The number of urea groups is 1. The maximum atomic E-state index is 13.1. The van der Waals surface area contributed by atoms with E-state index in [-0.39, 0.29) is 16.2 Å². The number of hydrogen-bond donors (Lipinski definition) is 2. The Morgan fingerprint density at radius 2 is 1.79 bits per heavy atom. The highest BCUT2D eigenvalue weighted by molar-refractivity contribution is 7.91. The molecule has 1 aliphatic rings. The molecule has 0 fully saturated rings. The second kappa shape index (κ2) is 8.08. The van der Waals surface area contributed by atoms with Gasteiger partial charge in [-0.05, 0) is 36.6 Å². The zero-order valence-corrected chi connectivity index (χ0v) is 17.2. The molecule has 8 heteroatoms. The fourth-order valence-corrected chi connectivity index (χ4v) is 4.98. The number of carbonyl (C=O) groups is 2. The van der Waals surface area contributed by atoms with Crippen LogP contribution in [-0.2, 0) is 19.4 Å². The second-order valence-electron chi connectivity index (χ2n) is 6.85. The van der Waals surface area contributed by atoms with Crippen molar-refractivity contribution in [1.29, 1.82) is 0 Å². The van der Waals surface area contributed by atoms with Crippen LogP contribution in [0, 0.1) is 13.8 Å². The van der Waals surface area contributed by atoms with Crippen LogP contribution in [0.15, 0.2) is 64.7 Å². The van der Waals surface area contributed by atoms with E-state index in [0.29, 0.717) is 11.1 Å². The number of hydrogen-bond acceptors (Lipinski definition) is 5. The van der Waals surface area contributed by atoms with E-state index < -0.39 is 33.6 Å². The number of amides is 2. The van der Waals surface area contributed by atoms with Crippen molar-refractivity contribution in [1.82, 2.24) is 10.6 Å². The van der Waals surface area contributed by atoms with Gasteiger partial charge in [-0.15, -0.1) is 0 Å². The van der Waals surface area contributed by atoms with Gasteiger partial charge in [-0.3, -0.25) is 0 Å². The Kier molecular flexibility index (Phi) is 5.74. The van der Waals surface area contributed by atoms with E-state index in [1.807, 2.05) is 6.07 Å². The molecule has 29 heavy (non-hydrogen) atoms. The van der Waals surface area contributed by atoms with Gasteiger partial charge in [0.25, 0.3) is 0 Å². The quantitative estimate of drug-likeness (QED) is 0.732. The molecule has 0 radical (unpaired) electrons. The fourth-order valence-electron chi connectivity index (χ4n) is 3.29. The van der Waals surface area contributed by atoms with Crippen LogP contribution in [0.5, 0.6) is 0 Å². The number of aryl methyl sites for hydroxylation is 2. The third kappa shape index (κ3) is 4.32. The van der Waals surface area contributed by atoms with Crippen LogP contribution in [-0.4, -0.2) is 33.3 Å². The van der Waals surface area contributed by atoms with Crippen LogP contribution in [0.1, 0.15) is 22.7 Å². The molecule has 1 aliphatic heterocycles. The molecule has 0 spiro atoms. The van der Waals surface area contributed by atoms with Gasteiger partial charge in [0.1, 0.15) is 0 Å². The molecule has 1 atom stereocenters. The molecule has 2 aromatic carbocycles. The average Bonchev–Trinajstić information content (AvgIpc) is 2.69. The molecule has 3 rings (SSSR count). The summed E-state index contributed by atoms with van der Waals surface area (Å²) in [6, 6.07) is 12.6. The number of methoxy groups -OCH3 is 1. The first-order valence-corrected chi connectivity index (χ1v) is 10.6. The Labute approximate surface area is 169 Å². The minimum Gasteiger partial charge on any atom is -0.466 e. The van der Waals surface area contributed by atoms with Crippen LogP contribution >= 0.6 is 0 Å². The highest BCUT2D eigenvalue weighted by Gasteiger charge is 2.35. The summed E-state index contributed by atoms with van der Waals surface area (Å²) < 4.78 is 31.1. The number of sulfone groups is 1. The highest BCUT2D eigenvalue weighted by atomic mass is 32.2. The molecule has 0 bridgehead atoms. The molecule has 0 aromatic heterocycles. The van der Waals surface area contributed by atoms with Crippen molar-refractivity contribution in [3.63, 3.8) is 0 Å². The summed E-state index contributed by atoms with van der Waals surface area (Å²) in [6.07, 6.45) is 0. The summed E-state index contributed by atoms with van der Waals surface area (Å²) in [6.45, 7) is 3.51. The molecule has 152 valence electrons. The minimum atomic E-state index is -3.82. The largest absolute Gasteiger partial charge is 0.466 e. The van der Waals surface area contributed by atoms with Gasteiger partial charge in [0.15, 0.2) is 9.84 Å². The maximum Gasteiger partial charge on any atom is 0.338 e. The Balaban J connectivity index is 2.12. The van der Waals surface area contributed by atoms with Gasteiger partial charge in [0, 0.05) is 5.70 Å². The van der Waals surface area contributed by atoms with E-state index in [9.17, 15) is 18.0 Å². The second-order valence-corrected chi connectivity index (χ2v) is 8.81. The van der Waals surface area contributed by atoms with Crippen LogP contribution in [0.2, 0.25) is 0 Å². The molecule has 0 saturated carbocycles. The Morgan fingerprint density at radius 3 is 2.45 bits per heavy atom. The molecule has 2 amide bonds. The van der Waals surface area contributed by atoms with E-state index in [2.05, 4.69) is 10.6 Å². The lowest BCUT2D eigenvalue weighted by molar-refractivity contribution is -0.136. The molecule has 7 nitrogen and oxygen atoms in total. The predicted octanol–water partition coefficient (Wildman–Crippen LogP) is 2.56. The van der Waals surface area contributed by atoms with Crippen LogP contribution < -0.4 is 10.6 Å². The number of benzene rings is 2. The first-order valence-electron chi connectivity index (χ1n) is 8.97. The zero-order valence-electron chi connectivity index (χ0n) is 16.4. The predicted molar refractivity (Wildman–Crippen MR) is 108 cm³/mol. The smallest absolute Gasteiger partial charge is 0.338 e. The van der Waals surface area contributed by atoms with E-state index in [1.165, 1.54) is 7.11 Å². The number of esters is 1. The first-order chi connectivity index (χ1) is 13.7. The molecule has 0 unspecified atom stereocenters. The number of rotatable bonds is 5. The highest BCUT2D eigenvalue weighted by Crippen LogP contribution is 2.29. The van der Waals surface area contributed by atoms with Gasteiger partial charge >= 0.3 is 12.0 Å². The Morgan fingerprint density at radius 1 is 1.10 bits per heavy atom. The Bertz CT molecular complexity index is 1090. The monoisotopic (exact) mass is 414 g/mol. The van der Waals surface area contributed by atoms with E-state index in [1.54, 1.807) is 56.3 Å². The van der Waals surface area contributed by atoms with Gasteiger partial charge in [-0.25, -0.2) is 18.0 Å². The zero-order chi connectivity index (χ0) is 21.2. The van der Waals surface area contributed by atoms with Crippen molar-refractivity contribution >= 4 is 21.8 Å². The van der Waals surface area contributed by atoms with Crippen LogP contribution in [0.25, 0.3) is 0 Å². The summed E-state index contributed by atoms with van der Waals surface area (Å²) in [5.74, 6) is -1.24. The number of nitrogens with one attached hydrogen (secondary N) is 2. The summed E-state index contributed by atoms with van der Waals surface area (Å²) in [7, 11) is -2.61. The lowest BCUT2D eigenvalue weighted by Gasteiger charge is -2.29. The van der Waals surface area contributed by atoms with Gasteiger partial charge in [0.2, 0.25) is 0 Å². The van der Waals surface area contributed by atoms with Gasteiger partial charge in [0.05, 0.1) is 29.4 Å². The summed E-state index contributed by atoms with van der Waals surface area (Å²) in [4.78, 5) is 25.0. The minimum absolute atomic E-state index is 0.00959. The van der Waals surface area contributed by atoms with E-state index >= 15 is 0 Å². The van der Waals surface area contributed by atoms with E-state index in [4.69, 9.17) is 4.74 Å². The number of ether oxygens (including phenoxy) is 1. The topological polar surface area (TPSA) is 102 Å². The lowest BCUT2D eigenvalue weighted by atomic mass is 9.96. The van der Waals surface area contributed by atoms with Gasteiger partial charge in [-0.1, -0.05) is 42.5 Å². The molecular formula is C21H22N2O5S. The summed E-state index contributed by atoms with van der Waals surface area (Å²) >= 11 is 0. The maximum absolute atomic E-state index is 13.1. The molecular weight excluding hydrogens is 392 g/mol. The summed E-state index contributed by atoms with van der Waals surface area (Å²) in [5.41, 5.74) is 2.11. The standard InChI is InChI=1S/C21H22N2O5S/c1-13-9-10-14(2)17(11-13)29(26,27)12-16-18(20(24)28-3)19(23-21(25)22-16)15-7-5-4-6-8-15/h4-11,19H,12H2,1-3H3,(H2,22,23,25)/t19-/m1/s1. The van der Waals surface area contributed by atoms with Gasteiger partial charge < -0.3 is 15.4 Å². The first kappa shape index (κ1) is 20.6. The molecule has 1 heterocycles.